The highest BCUT2D eigenvalue weighted by Gasteiger charge is 2.35. The summed E-state index contributed by atoms with van der Waals surface area (Å²) >= 11 is 0. The molecule has 0 bridgehead atoms. The third-order valence-corrected chi connectivity index (χ3v) is 7.90. The Hall–Kier alpha value is -3.23. The Bertz CT molecular complexity index is 1350. The van der Waals surface area contributed by atoms with Gasteiger partial charge in [-0.25, -0.2) is 4.79 Å². The standard InChI is InChI=1S/C27H31N5O3/c33-16-17-5-7-20-18(13-17)6-8-22-21(20)14-25(28-22)30-26(34)15-31-11-9-19(10-12-31)32-24-4-2-1-3-23(24)29-27(32)35/h1-5,7,13,19,21-22,33H,6,8-12,14-16H2,(H,29,35)(H,28,30,34)/t21-,22+/m0/s1. The number of benzene rings is 2. The summed E-state index contributed by atoms with van der Waals surface area (Å²) in [5.74, 6) is 1.09. The molecule has 182 valence electrons. The van der Waals surface area contributed by atoms with Crippen LogP contribution in [0.15, 0.2) is 52.3 Å². The Balaban J connectivity index is 1.04. The Morgan fingerprint density at radius 1 is 1.14 bits per heavy atom. The highest BCUT2D eigenvalue weighted by Crippen LogP contribution is 2.40. The molecular weight excluding hydrogens is 442 g/mol. The topological polar surface area (TPSA) is 103 Å². The van der Waals surface area contributed by atoms with Gasteiger partial charge in [0.05, 0.1) is 30.2 Å². The molecule has 2 atom stereocenters. The second-order valence-electron chi connectivity index (χ2n) is 10.1. The molecule has 1 saturated heterocycles. The second kappa shape index (κ2) is 9.09. The van der Waals surface area contributed by atoms with Crippen molar-refractivity contribution in [1.29, 1.82) is 0 Å². The molecule has 35 heavy (non-hydrogen) atoms. The minimum Gasteiger partial charge on any atom is -0.392 e. The number of H-pyrrole nitrogens is 1. The van der Waals surface area contributed by atoms with Crippen LogP contribution in [-0.4, -0.2) is 57.0 Å². The second-order valence-corrected chi connectivity index (χ2v) is 10.1. The number of para-hydroxylation sites is 2. The van der Waals surface area contributed by atoms with E-state index >= 15 is 0 Å². The average molecular weight is 474 g/mol. The number of nitrogens with one attached hydrogen (secondary N) is 2. The van der Waals surface area contributed by atoms with Crippen LogP contribution in [0.3, 0.4) is 0 Å². The van der Waals surface area contributed by atoms with Crippen molar-refractivity contribution >= 4 is 22.8 Å². The lowest BCUT2D eigenvalue weighted by Gasteiger charge is -2.32. The van der Waals surface area contributed by atoms with Crippen LogP contribution in [0.2, 0.25) is 0 Å². The van der Waals surface area contributed by atoms with Crippen molar-refractivity contribution in [2.24, 2.45) is 4.99 Å². The van der Waals surface area contributed by atoms with Crippen LogP contribution in [0.5, 0.6) is 0 Å². The number of piperidine rings is 1. The van der Waals surface area contributed by atoms with E-state index in [4.69, 9.17) is 4.99 Å². The third kappa shape index (κ3) is 4.21. The number of carbonyl (C=O) groups is 1. The first-order chi connectivity index (χ1) is 17.1. The minimum absolute atomic E-state index is 0.0130. The number of aliphatic hydroxyl groups is 1. The summed E-state index contributed by atoms with van der Waals surface area (Å²) in [7, 11) is 0. The van der Waals surface area contributed by atoms with Gasteiger partial charge in [0.15, 0.2) is 0 Å². The molecule has 0 spiro atoms. The van der Waals surface area contributed by atoms with E-state index in [2.05, 4.69) is 27.3 Å². The number of rotatable bonds is 4. The molecule has 3 aromatic rings. The normalized spacial score (nSPS) is 22.6. The number of aliphatic imine (C=N–C) groups is 1. The zero-order valence-corrected chi connectivity index (χ0v) is 19.7. The predicted molar refractivity (Wildman–Crippen MR) is 135 cm³/mol. The number of hydrogen-bond acceptors (Lipinski definition) is 5. The van der Waals surface area contributed by atoms with Crippen LogP contribution in [0.4, 0.5) is 0 Å². The number of hydrogen-bond donors (Lipinski definition) is 3. The van der Waals surface area contributed by atoms with Gasteiger partial charge in [-0.3, -0.25) is 19.3 Å². The van der Waals surface area contributed by atoms with Crippen LogP contribution in [0.25, 0.3) is 11.0 Å². The van der Waals surface area contributed by atoms with E-state index in [1.165, 1.54) is 11.1 Å². The Morgan fingerprint density at radius 3 is 2.80 bits per heavy atom. The number of aromatic amines is 1. The minimum atomic E-state index is -0.0581. The van der Waals surface area contributed by atoms with Gasteiger partial charge < -0.3 is 15.4 Å². The molecule has 8 nitrogen and oxygen atoms in total. The number of amidine groups is 1. The highest BCUT2D eigenvalue weighted by molar-refractivity contribution is 6.00. The molecule has 2 aliphatic heterocycles. The first kappa shape index (κ1) is 22.2. The Kier molecular flexibility index (Phi) is 5.78. The van der Waals surface area contributed by atoms with Gasteiger partial charge in [-0.1, -0.05) is 30.3 Å². The first-order valence-corrected chi connectivity index (χ1v) is 12.6. The molecule has 8 heteroatoms. The molecule has 0 unspecified atom stereocenters. The average Bonchev–Trinajstić information content (AvgIpc) is 3.43. The van der Waals surface area contributed by atoms with E-state index in [1.54, 1.807) is 0 Å². The maximum atomic E-state index is 12.8. The molecule has 6 rings (SSSR count). The van der Waals surface area contributed by atoms with E-state index in [-0.39, 0.29) is 30.3 Å². The lowest BCUT2D eigenvalue weighted by atomic mass is 9.79. The van der Waals surface area contributed by atoms with Gasteiger partial charge in [0, 0.05) is 31.5 Å². The van der Waals surface area contributed by atoms with E-state index in [0.717, 1.165) is 67.6 Å². The fraction of sp³-hybridized carbons (Fsp3) is 0.444. The third-order valence-electron chi connectivity index (χ3n) is 7.90. The maximum absolute atomic E-state index is 12.8. The monoisotopic (exact) mass is 473 g/mol. The summed E-state index contributed by atoms with van der Waals surface area (Å²) in [5.41, 5.74) is 5.32. The van der Waals surface area contributed by atoms with Crippen molar-refractivity contribution in [3.05, 3.63) is 69.6 Å². The Morgan fingerprint density at radius 2 is 1.97 bits per heavy atom. The summed E-state index contributed by atoms with van der Waals surface area (Å²) in [6, 6.07) is 14.4. The molecule has 3 heterocycles. The molecule has 2 aromatic carbocycles. The number of aromatic nitrogens is 2. The van der Waals surface area contributed by atoms with Gasteiger partial charge >= 0.3 is 5.69 Å². The lowest BCUT2D eigenvalue weighted by Crippen LogP contribution is -2.44. The van der Waals surface area contributed by atoms with Gasteiger partial charge in [0.1, 0.15) is 5.84 Å². The maximum Gasteiger partial charge on any atom is 0.326 e. The van der Waals surface area contributed by atoms with Crippen LogP contribution in [-0.2, 0) is 17.8 Å². The fourth-order valence-electron chi connectivity index (χ4n) is 6.17. The molecule has 1 fully saturated rings. The SMILES string of the molecule is O=C(CN1CCC(n2c(=O)[nH]c3ccccc32)CC1)NC1=N[C@@H]2CCc3cc(CO)ccc3[C@@H]2C1. The summed E-state index contributed by atoms with van der Waals surface area (Å²) < 4.78 is 1.88. The molecule has 3 N–H and O–H groups in total. The van der Waals surface area contributed by atoms with Crippen molar-refractivity contribution in [2.75, 3.05) is 19.6 Å². The fourth-order valence-corrected chi connectivity index (χ4v) is 6.17. The van der Waals surface area contributed by atoms with Gasteiger partial charge in [0.25, 0.3) is 0 Å². The molecule has 1 aromatic heterocycles. The van der Waals surface area contributed by atoms with E-state index in [0.29, 0.717) is 12.5 Å². The van der Waals surface area contributed by atoms with E-state index < -0.39 is 0 Å². The van der Waals surface area contributed by atoms with Crippen LogP contribution in [0.1, 0.15) is 54.3 Å². The summed E-state index contributed by atoms with van der Waals surface area (Å²) in [4.78, 5) is 35.3. The van der Waals surface area contributed by atoms with Gasteiger partial charge in [-0.2, -0.15) is 0 Å². The van der Waals surface area contributed by atoms with Gasteiger partial charge in [-0.05, 0) is 54.5 Å². The van der Waals surface area contributed by atoms with Gasteiger partial charge in [-0.15, -0.1) is 0 Å². The zero-order chi connectivity index (χ0) is 23.9. The van der Waals surface area contributed by atoms with Crippen LogP contribution < -0.4 is 11.0 Å². The van der Waals surface area contributed by atoms with E-state index in [9.17, 15) is 14.7 Å². The summed E-state index contributed by atoms with van der Waals surface area (Å²) in [5, 5.41) is 12.5. The summed E-state index contributed by atoms with van der Waals surface area (Å²) in [6.07, 6.45) is 4.38. The number of aryl methyl sites for hydroxylation is 1. The van der Waals surface area contributed by atoms with E-state index in [1.807, 2.05) is 34.9 Å². The number of nitrogens with zero attached hydrogens (tertiary/aromatic N) is 3. The quantitative estimate of drug-likeness (QED) is 0.542. The Labute approximate surface area is 203 Å². The number of amides is 1. The van der Waals surface area contributed by atoms with Crippen molar-refractivity contribution < 1.29 is 9.90 Å². The lowest BCUT2D eigenvalue weighted by molar-refractivity contribution is -0.121. The molecule has 1 aliphatic carbocycles. The van der Waals surface area contributed by atoms with Crippen molar-refractivity contribution in [2.45, 2.75) is 56.7 Å². The number of carbonyl (C=O) groups excluding carboxylic acids is 1. The molecule has 0 radical (unpaired) electrons. The predicted octanol–water partition coefficient (Wildman–Crippen LogP) is 2.48. The molecular formula is C27H31N5O3. The number of aliphatic hydroxyl groups excluding tert-OH is 1. The van der Waals surface area contributed by atoms with Crippen molar-refractivity contribution in [1.82, 2.24) is 19.8 Å². The van der Waals surface area contributed by atoms with Crippen molar-refractivity contribution in [3.63, 3.8) is 0 Å². The molecule has 1 amide bonds. The van der Waals surface area contributed by atoms with Crippen molar-refractivity contribution in [3.8, 4) is 0 Å². The molecule has 0 saturated carbocycles. The zero-order valence-electron chi connectivity index (χ0n) is 19.7. The first-order valence-electron chi connectivity index (χ1n) is 12.6. The summed E-state index contributed by atoms with van der Waals surface area (Å²) in [6.45, 7) is 1.97. The highest BCUT2D eigenvalue weighted by atomic mass is 16.3. The smallest absolute Gasteiger partial charge is 0.326 e. The largest absolute Gasteiger partial charge is 0.392 e. The molecule has 3 aliphatic rings. The van der Waals surface area contributed by atoms with Crippen LogP contribution in [0, 0.1) is 0 Å². The number of likely N-dealkylation sites (tertiary alicyclic amines) is 1. The van der Waals surface area contributed by atoms with Crippen LogP contribution >= 0.6 is 0 Å². The van der Waals surface area contributed by atoms with Gasteiger partial charge in [0.2, 0.25) is 5.91 Å². The number of imidazole rings is 1. The number of fused-ring (bicyclic) bond motifs is 4.